The van der Waals surface area contributed by atoms with Gasteiger partial charge in [-0.2, -0.15) is 5.10 Å². The topological polar surface area (TPSA) is 63.1 Å². The normalized spacial score (nSPS) is 14.8. The largest absolute Gasteiger partial charge is 0.326 e. The zero-order valence-electron chi connectivity index (χ0n) is 12.3. The first-order valence-corrected chi connectivity index (χ1v) is 7.09. The Morgan fingerprint density at radius 3 is 2.76 bits per heavy atom. The van der Waals surface area contributed by atoms with Crippen molar-refractivity contribution < 1.29 is 4.79 Å². The third kappa shape index (κ3) is 3.28. The van der Waals surface area contributed by atoms with Crippen molar-refractivity contribution in [2.45, 2.75) is 33.5 Å². The maximum absolute atomic E-state index is 11.0. The molecule has 0 radical (unpaired) electrons. The van der Waals surface area contributed by atoms with E-state index in [0.29, 0.717) is 0 Å². The number of aryl methyl sites for hydroxylation is 1. The van der Waals surface area contributed by atoms with Gasteiger partial charge in [-0.3, -0.25) is 9.69 Å². The van der Waals surface area contributed by atoms with Gasteiger partial charge in [0.25, 0.3) is 0 Å². The van der Waals surface area contributed by atoms with Crippen LogP contribution in [0.15, 0.2) is 24.3 Å². The molecule has 0 aliphatic carbocycles. The Balaban J connectivity index is 1.63. The number of hydrogen-bond donors (Lipinski definition) is 1. The van der Waals surface area contributed by atoms with E-state index >= 15 is 0 Å². The van der Waals surface area contributed by atoms with Crippen molar-refractivity contribution in [1.29, 1.82) is 0 Å². The molecule has 21 heavy (non-hydrogen) atoms. The minimum atomic E-state index is -0.0477. The van der Waals surface area contributed by atoms with Crippen LogP contribution in [-0.2, 0) is 24.4 Å². The lowest BCUT2D eigenvalue weighted by molar-refractivity contribution is -0.114. The van der Waals surface area contributed by atoms with Crippen molar-refractivity contribution in [2.24, 2.45) is 0 Å². The molecule has 0 saturated heterocycles. The average Bonchev–Trinajstić information content (AvgIpc) is 2.80. The van der Waals surface area contributed by atoms with Gasteiger partial charge in [0.1, 0.15) is 11.6 Å². The SMILES string of the molecule is CC(=O)Nc1ccc(CN2CCn3nc(C)nc3C2)cc1. The van der Waals surface area contributed by atoms with Crippen molar-refractivity contribution in [3.63, 3.8) is 0 Å². The molecule has 1 amide bonds. The number of carbonyl (C=O) groups excluding carboxylic acids is 1. The van der Waals surface area contributed by atoms with Gasteiger partial charge in [-0.15, -0.1) is 0 Å². The van der Waals surface area contributed by atoms with E-state index in [-0.39, 0.29) is 5.91 Å². The van der Waals surface area contributed by atoms with Crippen molar-refractivity contribution >= 4 is 11.6 Å². The van der Waals surface area contributed by atoms with Gasteiger partial charge in [-0.25, -0.2) is 9.67 Å². The summed E-state index contributed by atoms with van der Waals surface area (Å²) in [5.41, 5.74) is 2.06. The Morgan fingerprint density at radius 2 is 2.05 bits per heavy atom. The zero-order chi connectivity index (χ0) is 14.8. The molecule has 2 heterocycles. The number of benzene rings is 1. The molecule has 110 valence electrons. The monoisotopic (exact) mass is 285 g/mol. The molecule has 0 atom stereocenters. The highest BCUT2D eigenvalue weighted by Gasteiger charge is 2.18. The molecule has 1 aromatic carbocycles. The Hall–Kier alpha value is -2.21. The minimum absolute atomic E-state index is 0.0477. The zero-order valence-corrected chi connectivity index (χ0v) is 12.3. The van der Waals surface area contributed by atoms with Crippen molar-refractivity contribution in [3.05, 3.63) is 41.5 Å². The van der Waals surface area contributed by atoms with Crippen molar-refractivity contribution in [1.82, 2.24) is 19.7 Å². The van der Waals surface area contributed by atoms with Crippen LogP contribution in [0, 0.1) is 6.92 Å². The Kier molecular flexibility index (Phi) is 3.70. The van der Waals surface area contributed by atoms with Crippen LogP contribution >= 0.6 is 0 Å². The summed E-state index contributed by atoms with van der Waals surface area (Å²) in [6.45, 7) is 7.01. The van der Waals surface area contributed by atoms with E-state index in [1.165, 1.54) is 12.5 Å². The predicted octanol–water partition coefficient (Wildman–Crippen LogP) is 1.56. The van der Waals surface area contributed by atoms with Gasteiger partial charge in [-0.1, -0.05) is 12.1 Å². The van der Waals surface area contributed by atoms with Gasteiger partial charge < -0.3 is 5.32 Å². The molecule has 1 N–H and O–H groups in total. The van der Waals surface area contributed by atoms with E-state index in [2.05, 4.69) is 32.4 Å². The van der Waals surface area contributed by atoms with Crippen LogP contribution in [-0.4, -0.2) is 32.1 Å². The fraction of sp³-hybridized carbons (Fsp3) is 0.400. The molecule has 0 unspecified atom stereocenters. The van der Waals surface area contributed by atoms with E-state index in [4.69, 9.17) is 0 Å². The summed E-state index contributed by atoms with van der Waals surface area (Å²) in [5, 5.41) is 7.15. The molecule has 2 aromatic rings. The minimum Gasteiger partial charge on any atom is -0.326 e. The summed E-state index contributed by atoms with van der Waals surface area (Å²) in [6, 6.07) is 7.98. The number of nitrogens with zero attached hydrogens (tertiary/aromatic N) is 4. The summed E-state index contributed by atoms with van der Waals surface area (Å²) in [5.74, 6) is 1.83. The van der Waals surface area contributed by atoms with Crippen LogP contribution in [0.25, 0.3) is 0 Å². The fourth-order valence-electron chi connectivity index (χ4n) is 2.60. The Bertz CT molecular complexity index is 647. The number of carbonyl (C=O) groups is 1. The lowest BCUT2D eigenvalue weighted by Gasteiger charge is -2.26. The van der Waals surface area contributed by atoms with Crippen LogP contribution in [0.4, 0.5) is 5.69 Å². The first-order valence-electron chi connectivity index (χ1n) is 7.09. The molecule has 1 aliphatic heterocycles. The van der Waals surface area contributed by atoms with Crippen molar-refractivity contribution in [2.75, 3.05) is 11.9 Å². The second-order valence-electron chi connectivity index (χ2n) is 5.39. The Morgan fingerprint density at radius 1 is 1.29 bits per heavy atom. The lowest BCUT2D eigenvalue weighted by atomic mass is 10.2. The highest BCUT2D eigenvalue weighted by molar-refractivity contribution is 5.88. The lowest BCUT2D eigenvalue weighted by Crippen LogP contribution is -2.33. The molecule has 0 bridgehead atoms. The van der Waals surface area contributed by atoms with E-state index < -0.39 is 0 Å². The molecule has 1 aromatic heterocycles. The number of anilines is 1. The first-order chi connectivity index (χ1) is 10.1. The smallest absolute Gasteiger partial charge is 0.221 e. The van der Waals surface area contributed by atoms with Crippen LogP contribution in [0.2, 0.25) is 0 Å². The number of aromatic nitrogens is 3. The number of amides is 1. The van der Waals surface area contributed by atoms with Gasteiger partial charge in [-0.05, 0) is 24.6 Å². The predicted molar refractivity (Wildman–Crippen MR) is 79.6 cm³/mol. The number of fused-ring (bicyclic) bond motifs is 1. The van der Waals surface area contributed by atoms with Gasteiger partial charge in [0.2, 0.25) is 5.91 Å². The number of rotatable bonds is 3. The van der Waals surface area contributed by atoms with Crippen LogP contribution in [0.5, 0.6) is 0 Å². The molecule has 3 rings (SSSR count). The van der Waals surface area contributed by atoms with E-state index in [9.17, 15) is 4.79 Å². The quantitative estimate of drug-likeness (QED) is 0.929. The summed E-state index contributed by atoms with van der Waals surface area (Å²) in [6.07, 6.45) is 0. The standard InChI is InChI=1S/C15H19N5O/c1-11-16-15-10-19(7-8-20(15)18-11)9-13-3-5-14(6-4-13)17-12(2)21/h3-6H,7-10H2,1-2H3,(H,17,21). The van der Waals surface area contributed by atoms with E-state index in [0.717, 1.165) is 43.5 Å². The molecule has 0 spiro atoms. The summed E-state index contributed by atoms with van der Waals surface area (Å²) < 4.78 is 1.99. The van der Waals surface area contributed by atoms with Crippen LogP contribution < -0.4 is 5.32 Å². The summed E-state index contributed by atoms with van der Waals surface area (Å²) in [4.78, 5) is 17.8. The van der Waals surface area contributed by atoms with Crippen molar-refractivity contribution in [3.8, 4) is 0 Å². The molecule has 0 fully saturated rings. The molecule has 6 nitrogen and oxygen atoms in total. The van der Waals surface area contributed by atoms with Gasteiger partial charge in [0, 0.05) is 25.7 Å². The highest BCUT2D eigenvalue weighted by Crippen LogP contribution is 2.15. The molecule has 6 heteroatoms. The molecular formula is C15H19N5O. The van der Waals surface area contributed by atoms with Crippen LogP contribution in [0.3, 0.4) is 0 Å². The summed E-state index contributed by atoms with van der Waals surface area (Å²) >= 11 is 0. The maximum Gasteiger partial charge on any atom is 0.221 e. The highest BCUT2D eigenvalue weighted by atomic mass is 16.1. The van der Waals surface area contributed by atoms with E-state index in [1.807, 2.05) is 23.7 Å². The van der Waals surface area contributed by atoms with Gasteiger partial charge >= 0.3 is 0 Å². The average molecular weight is 285 g/mol. The maximum atomic E-state index is 11.0. The molecule has 1 aliphatic rings. The van der Waals surface area contributed by atoms with Gasteiger partial charge in [0.05, 0.1) is 13.1 Å². The first kappa shape index (κ1) is 13.8. The molecular weight excluding hydrogens is 266 g/mol. The number of hydrogen-bond acceptors (Lipinski definition) is 4. The Labute approximate surface area is 123 Å². The third-order valence-electron chi connectivity index (χ3n) is 3.53. The number of nitrogens with one attached hydrogen (secondary N) is 1. The third-order valence-corrected chi connectivity index (χ3v) is 3.53. The molecule has 0 saturated carbocycles. The van der Waals surface area contributed by atoms with Gasteiger partial charge in [0.15, 0.2) is 0 Å². The van der Waals surface area contributed by atoms with E-state index in [1.54, 1.807) is 0 Å². The fourth-order valence-corrected chi connectivity index (χ4v) is 2.60. The summed E-state index contributed by atoms with van der Waals surface area (Å²) in [7, 11) is 0. The second kappa shape index (κ2) is 5.65. The van der Waals surface area contributed by atoms with Crippen LogP contribution in [0.1, 0.15) is 24.1 Å². The second-order valence-corrected chi connectivity index (χ2v) is 5.39.